The molecule has 0 radical (unpaired) electrons. The molecule has 3 rings (SSSR count). The summed E-state index contributed by atoms with van der Waals surface area (Å²) >= 11 is 0. The lowest BCUT2D eigenvalue weighted by atomic mass is 9.71. The quantitative estimate of drug-likeness (QED) is 0.658. The number of anilines is 1. The van der Waals surface area contributed by atoms with Crippen LogP contribution in [0, 0.1) is 5.41 Å². The van der Waals surface area contributed by atoms with Gasteiger partial charge in [0.1, 0.15) is 0 Å². The predicted molar refractivity (Wildman–Crippen MR) is 112 cm³/mol. The van der Waals surface area contributed by atoms with Gasteiger partial charge in [0.05, 0.1) is 12.2 Å². The van der Waals surface area contributed by atoms with E-state index in [1.165, 1.54) is 6.42 Å². The van der Waals surface area contributed by atoms with Crippen molar-refractivity contribution in [3.8, 4) is 5.69 Å². The van der Waals surface area contributed by atoms with Crippen LogP contribution in [0.5, 0.6) is 0 Å². The van der Waals surface area contributed by atoms with E-state index in [-0.39, 0.29) is 36.2 Å². The second kappa shape index (κ2) is 10.2. The lowest BCUT2D eigenvalue weighted by molar-refractivity contribution is -0.126. The van der Waals surface area contributed by atoms with Crippen LogP contribution in [0.2, 0.25) is 0 Å². The third kappa shape index (κ3) is 5.81. The predicted octanol–water partition coefficient (Wildman–Crippen LogP) is 2.65. The molecule has 0 bridgehead atoms. The summed E-state index contributed by atoms with van der Waals surface area (Å²) in [5.74, 6) is -0.354. The van der Waals surface area contributed by atoms with E-state index < -0.39 is 0 Å². The Labute approximate surface area is 171 Å². The van der Waals surface area contributed by atoms with Gasteiger partial charge in [-0.2, -0.15) is 5.10 Å². The molecule has 8 heteroatoms. The van der Waals surface area contributed by atoms with Crippen LogP contribution in [0.4, 0.5) is 5.69 Å². The number of carbonyl (C=O) groups is 2. The summed E-state index contributed by atoms with van der Waals surface area (Å²) in [6.07, 6.45) is 9.40. The highest BCUT2D eigenvalue weighted by molar-refractivity contribution is 5.94. The fraction of sp³-hybridized carbons (Fsp3) is 0.450. The van der Waals surface area contributed by atoms with Gasteiger partial charge < -0.3 is 16.4 Å². The summed E-state index contributed by atoms with van der Waals surface area (Å²) in [5.41, 5.74) is 7.42. The summed E-state index contributed by atoms with van der Waals surface area (Å²) in [6, 6.07) is 9.20. The molecular formula is C20H28ClN5O2. The van der Waals surface area contributed by atoms with Gasteiger partial charge in [0.15, 0.2) is 0 Å². The van der Waals surface area contributed by atoms with Gasteiger partial charge in [0, 0.05) is 24.5 Å². The molecule has 2 aromatic rings. The number of nitrogens with two attached hydrogens (primary N) is 1. The van der Waals surface area contributed by atoms with Gasteiger partial charge in [0.2, 0.25) is 11.8 Å². The van der Waals surface area contributed by atoms with E-state index in [2.05, 4.69) is 15.7 Å². The molecule has 0 aliphatic heterocycles. The Morgan fingerprint density at radius 1 is 1.11 bits per heavy atom. The highest BCUT2D eigenvalue weighted by Crippen LogP contribution is 2.38. The molecule has 1 fully saturated rings. The van der Waals surface area contributed by atoms with Gasteiger partial charge in [-0.05, 0) is 55.1 Å². The number of hydrogen-bond donors (Lipinski definition) is 3. The van der Waals surface area contributed by atoms with Crippen LogP contribution in [0.15, 0.2) is 42.7 Å². The van der Waals surface area contributed by atoms with E-state index in [1.54, 1.807) is 10.9 Å². The van der Waals surface area contributed by atoms with Crippen LogP contribution in [0.3, 0.4) is 0 Å². The Morgan fingerprint density at radius 3 is 2.43 bits per heavy atom. The molecule has 0 atom stereocenters. The average Bonchev–Trinajstić information content (AvgIpc) is 3.22. The lowest BCUT2D eigenvalue weighted by Gasteiger charge is -2.35. The number of carbonyl (C=O) groups excluding carboxylic acids is 2. The van der Waals surface area contributed by atoms with Crippen molar-refractivity contribution in [3.05, 3.63) is 42.7 Å². The summed E-state index contributed by atoms with van der Waals surface area (Å²) in [7, 11) is 0. The topological polar surface area (TPSA) is 102 Å². The molecule has 7 nitrogen and oxygen atoms in total. The molecule has 0 saturated heterocycles. The Bertz CT molecular complexity index is 755. The standard InChI is InChI=1S/C20H27N5O2.ClH/c21-15-20(9-2-1-3-10-20)13-18(26)22-14-19(27)24-16-5-7-17(8-6-16)25-12-4-11-23-25;/h4-8,11-12H,1-3,9-10,13-15,21H2,(H,22,26)(H,24,27);1H. The number of hydrogen-bond acceptors (Lipinski definition) is 4. The van der Waals surface area contributed by atoms with E-state index in [0.29, 0.717) is 18.7 Å². The summed E-state index contributed by atoms with van der Waals surface area (Å²) in [5, 5.41) is 9.67. The molecule has 152 valence electrons. The highest BCUT2D eigenvalue weighted by Gasteiger charge is 2.32. The van der Waals surface area contributed by atoms with Gasteiger partial charge in [-0.25, -0.2) is 4.68 Å². The summed E-state index contributed by atoms with van der Waals surface area (Å²) in [4.78, 5) is 24.4. The lowest BCUT2D eigenvalue weighted by Crippen LogP contribution is -2.40. The molecule has 1 aromatic carbocycles. The van der Waals surface area contributed by atoms with Crippen LogP contribution in [0.25, 0.3) is 5.69 Å². The van der Waals surface area contributed by atoms with E-state index in [9.17, 15) is 9.59 Å². The van der Waals surface area contributed by atoms with Crippen molar-refractivity contribution in [2.45, 2.75) is 38.5 Å². The minimum absolute atomic E-state index is 0. The fourth-order valence-electron chi connectivity index (χ4n) is 3.66. The normalized spacial score (nSPS) is 15.3. The van der Waals surface area contributed by atoms with Crippen LogP contribution < -0.4 is 16.4 Å². The minimum Gasteiger partial charge on any atom is -0.347 e. The molecule has 0 spiro atoms. The minimum atomic E-state index is -0.249. The van der Waals surface area contributed by atoms with E-state index in [4.69, 9.17) is 5.73 Å². The van der Waals surface area contributed by atoms with Crippen molar-refractivity contribution in [1.82, 2.24) is 15.1 Å². The first-order valence-corrected chi connectivity index (χ1v) is 9.47. The van der Waals surface area contributed by atoms with Crippen molar-refractivity contribution in [2.75, 3.05) is 18.4 Å². The van der Waals surface area contributed by atoms with Crippen molar-refractivity contribution in [2.24, 2.45) is 11.1 Å². The molecule has 1 aliphatic rings. The Hall–Kier alpha value is -2.38. The van der Waals surface area contributed by atoms with Gasteiger partial charge in [-0.15, -0.1) is 12.4 Å². The maximum atomic E-state index is 12.3. The zero-order valence-electron chi connectivity index (χ0n) is 15.9. The molecule has 0 unspecified atom stereocenters. The molecule has 4 N–H and O–H groups in total. The summed E-state index contributed by atoms with van der Waals surface area (Å²) in [6.45, 7) is 0.482. The highest BCUT2D eigenvalue weighted by atomic mass is 35.5. The number of nitrogens with one attached hydrogen (secondary N) is 2. The molecule has 1 aromatic heterocycles. The number of rotatable bonds is 7. The van der Waals surface area contributed by atoms with Gasteiger partial charge in [-0.3, -0.25) is 9.59 Å². The number of amides is 2. The van der Waals surface area contributed by atoms with Gasteiger partial charge in [0.25, 0.3) is 0 Å². The van der Waals surface area contributed by atoms with E-state index in [0.717, 1.165) is 31.4 Å². The van der Waals surface area contributed by atoms with Crippen LogP contribution in [-0.4, -0.2) is 34.7 Å². The smallest absolute Gasteiger partial charge is 0.243 e. The zero-order chi connectivity index (χ0) is 19.1. The van der Waals surface area contributed by atoms with Crippen molar-refractivity contribution in [1.29, 1.82) is 0 Å². The van der Waals surface area contributed by atoms with Crippen molar-refractivity contribution < 1.29 is 9.59 Å². The number of aromatic nitrogens is 2. The first-order valence-electron chi connectivity index (χ1n) is 9.47. The van der Waals surface area contributed by atoms with Crippen molar-refractivity contribution in [3.63, 3.8) is 0 Å². The first-order chi connectivity index (χ1) is 13.1. The molecule has 1 saturated carbocycles. The Morgan fingerprint density at radius 2 is 1.82 bits per heavy atom. The van der Waals surface area contributed by atoms with Crippen LogP contribution >= 0.6 is 12.4 Å². The van der Waals surface area contributed by atoms with Gasteiger partial charge >= 0.3 is 0 Å². The molecule has 1 aliphatic carbocycles. The molecular weight excluding hydrogens is 378 g/mol. The molecule has 2 amide bonds. The van der Waals surface area contributed by atoms with Crippen LogP contribution in [-0.2, 0) is 9.59 Å². The van der Waals surface area contributed by atoms with E-state index in [1.807, 2.05) is 36.5 Å². The number of benzene rings is 1. The molecule has 28 heavy (non-hydrogen) atoms. The second-order valence-electron chi connectivity index (χ2n) is 7.26. The Kier molecular flexibility index (Phi) is 8.02. The average molecular weight is 406 g/mol. The maximum absolute atomic E-state index is 12.3. The largest absolute Gasteiger partial charge is 0.347 e. The second-order valence-corrected chi connectivity index (χ2v) is 7.26. The SMILES string of the molecule is Cl.NCC1(CC(=O)NCC(=O)Nc2ccc(-n3cccn3)cc2)CCCCC1. The number of nitrogens with zero attached hydrogens (tertiary/aromatic N) is 2. The summed E-state index contributed by atoms with van der Waals surface area (Å²) < 4.78 is 1.74. The molecule has 1 heterocycles. The first kappa shape index (κ1) is 21.9. The van der Waals surface area contributed by atoms with Crippen molar-refractivity contribution >= 4 is 29.9 Å². The zero-order valence-corrected chi connectivity index (χ0v) is 16.7. The third-order valence-corrected chi connectivity index (χ3v) is 5.25. The maximum Gasteiger partial charge on any atom is 0.243 e. The van der Waals surface area contributed by atoms with Gasteiger partial charge in [-0.1, -0.05) is 19.3 Å². The number of halogens is 1. The Balaban J connectivity index is 0.00000280. The monoisotopic (exact) mass is 405 g/mol. The third-order valence-electron chi connectivity index (χ3n) is 5.25. The van der Waals surface area contributed by atoms with Crippen LogP contribution in [0.1, 0.15) is 38.5 Å². The fourth-order valence-corrected chi connectivity index (χ4v) is 3.66. The van der Waals surface area contributed by atoms with E-state index >= 15 is 0 Å².